The van der Waals surface area contributed by atoms with E-state index in [0.717, 1.165) is 35.5 Å². The van der Waals surface area contributed by atoms with E-state index in [0.29, 0.717) is 18.7 Å². The highest BCUT2D eigenvalue weighted by atomic mass is 35.5. The smallest absolute Gasteiger partial charge is 0.355 e. The van der Waals surface area contributed by atoms with Gasteiger partial charge in [-0.1, -0.05) is 44.2 Å². The third-order valence-corrected chi connectivity index (χ3v) is 4.97. The van der Waals surface area contributed by atoms with Crippen LogP contribution in [0.25, 0.3) is 0 Å². The van der Waals surface area contributed by atoms with E-state index in [9.17, 15) is 9.59 Å². The molecule has 0 atom stereocenters. The Morgan fingerprint density at radius 2 is 1.76 bits per heavy atom. The Morgan fingerprint density at radius 3 is 2.34 bits per heavy atom. The van der Waals surface area contributed by atoms with Crippen LogP contribution in [0.5, 0.6) is 0 Å². The summed E-state index contributed by atoms with van der Waals surface area (Å²) in [4.78, 5) is 29.8. The third-order valence-electron chi connectivity index (χ3n) is 4.97. The highest BCUT2D eigenvalue weighted by molar-refractivity contribution is 5.90. The Labute approximate surface area is 179 Å². The predicted molar refractivity (Wildman–Crippen MR) is 115 cm³/mol. The summed E-state index contributed by atoms with van der Waals surface area (Å²) in [6.07, 6.45) is 0.802. The average molecular weight is 424 g/mol. The van der Waals surface area contributed by atoms with E-state index in [1.165, 1.54) is 7.11 Å². The molecule has 0 amide bonds. The zero-order valence-electron chi connectivity index (χ0n) is 17.6. The lowest BCUT2D eigenvalue weighted by molar-refractivity contribution is -0.140. The first kappa shape index (κ1) is 24.7. The number of carbonyl (C=O) groups excluding carboxylic acids is 2. The first-order valence-electron chi connectivity index (χ1n) is 9.70. The summed E-state index contributed by atoms with van der Waals surface area (Å²) in [5, 5.41) is 0. The summed E-state index contributed by atoms with van der Waals surface area (Å²) in [7, 11) is 1.38. The molecule has 0 fully saturated rings. The van der Waals surface area contributed by atoms with Crippen molar-refractivity contribution in [3.63, 3.8) is 0 Å². The van der Waals surface area contributed by atoms with Crippen LogP contribution >= 0.6 is 12.4 Å². The molecule has 1 aromatic heterocycles. The number of benzene rings is 1. The SMILES string of the molecule is CCN(CC)Cc1[15nH]c(C(=O)OCc2ccccc2)c(C)c1CCC(=O)OC.Cl. The van der Waals surface area contributed by atoms with Crippen molar-refractivity contribution >= 4 is 24.3 Å². The second-order valence-corrected chi connectivity index (χ2v) is 6.68. The number of aromatic amines is 1. The van der Waals surface area contributed by atoms with E-state index in [4.69, 9.17) is 9.47 Å². The lowest BCUT2D eigenvalue weighted by atomic mass is 10.0. The first-order valence-corrected chi connectivity index (χ1v) is 9.70. The number of esters is 2. The van der Waals surface area contributed by atoms with Crippen molar-refractivity contribution in [3.8, 4) is 0 Å². The summed E-state index contributed by atoms with van der Waals surface area (Å²) < 4.78 is 10.3. The number of nitrogens with zero attached hydrogens (tertiary/aromatic N) is 1. The molecule has 0 aliphatic rings. The Hall–Kier alpha value is -2.31. The molecule has 0 saturated heterocycles. The topological polar surface area (TPSA) is 71.6 Å². The van der Waals surface area contributed by atoms with E-state index >= 15 is 0 Å². The van der Waals surface area contributed by atoms with Gasteiger partial charge in [-0.3, -0.25) is 9.69 Å². The molecule has 0 bridgehead atoms. The number of carbonyl (C=O) groups is 2. The van der Waals surface area contributed by atoms with Crippen LogP contribution in [0.4, 0.5) is 0 Å². The van der Waals surface area contributed by atoms with E-state index in [2.05, 4.69) is 23.7 Å². The zero-order valence-corrected chi connectivity index (χ0v) is 18.4. The maximum atomic E-state index is 12.7. The van der Waals surface area contributed by atoms with Gasteiger partial charge in [-0.2, -0.15) is 0 Å². The molecule has 0 radical (unpaired) electrons. The van der Waals surface area contributed by atoms with E-state index in [1.54, 1.807) is 0 Å². The maximum absolute atomic E-state index is 12.7. The minimum absolute atomic E-state index is 0. The van der Waals surface area contributed by atoms with Gasteiger partial charge in [0.25, 0.3) is 0 Å². The normalized spacial score (nSPS) is 10.5. The number of hydrogen-bond donors (Lipinski definition) is 1. The Morgan fingerprint density at radius 1 is 1.10 bits per heavy atom. The lowest BCUT2D eigenvalue weighted by Crippen LogP contribution is -2.23. The predicted octanol–water partition coefficient (Wildman–Crippen LogP) is 4.05. The van der Waals surface area contributed by atoms with Gasteiger partial charge in [-0.25, -0.2) is 4.79 Å². The largest absolute Gasteiger partial charge is 0.469 e. The number of ether oxygens (including phenoxy) is 2. The minimum atomic E-state index is -0.383. The van der Waals surface area contributed by atoms with Gasteiger partial charge in [0.1, 0.15) is 12.3 Å². The number of methoxy groups -OCH3 is 1. The average Bonchev–Trinajstić information content (AvgIpc) is 3.04. The molecule has 6 nitrogen and oxygen atoms in total. The molecule has 0 aliphatic carbocycles. The van der Waals surface area contributed by atoms with Gasteiger partial charge in [0, 0.05) is 18.7 Å². The third kappa shape index (κ3) is 6.91. The molecule has 2 rings (SSSR count). The van der Waals surface area contributed by atoms with Crippen molar-refractivity contribution < 1.29 is 19.1 Å². The molecule has 29 heavy (non-hydrogen) atoms. The minimum Gasteiger partial charge on any atom is -0.469 e. The van der Waals surface area contributed by atoms with Gasteiger partial charge >= 0.3 is 11.9 Å². The molecular weight excluding hydrogens is 393 g/mol. The van der Waals surface area contributed by atoms with E-state index in [-0.39, 0.29) is 37.4 Å². The second kappa shape index (κ2) is 12.3. The Balaban J connectivity index is 0.00000420. The number of hydrogen-bond acceptors (Lipinski definition) is 5. The molecule has 1 aromatic carbocycles. The van der Waals surface area contributed by atoms with Gasteiger partial charge in [0.2, 0.25) is 0 Å². The Bertz CT molecular complexity index is 786. The monoisotopic (exact) mass is 423 g/mol. The second-order valence-electron chi connectivity index (χ2n) is 6.68. The number of nitrogens with one attached hydrogen (secondary N) is 1. The van der Waals surface area contributed by atoms with Gasteiger partial charge in [0.15, 0.2) is 0 Å². The summed E-state index contributed by atoms with van der Waals surface area (Å²) in [6.45, 7) is 8.81. The standard InChI is InChI=1S/C22H30N2O4.ClH/c1-5-24(6-2)14-19-18(12-13-20(25)27-4)16(3)21(23-19)22(26)28-15-17-10-8-7-9-11-17;/h7-11,23H,5-6,12-15H2,1-4H3;1H/i23+1;. The molecule has 7 heteroatoms. The number of halogens is 1. The van der Waals surface area contributed by atoms with Crippen molar-refractivity contribution in [2.75, 3.05) is 20.2 Å². The van der Waals surface area contributed by atoms with Gasteiger partial charge < -0.3 is 14.5 Å². The molecule has 0 saturated carbocycles. The fourth-order valence-corrected chi connectivity index (χ4v) is 3.17. The summed E-state index contributed by atoms with van der Waals surface area (Å²) in [5.41, 5.74) is 4.18. The maximum Gasteiger partial charge on any atom is 0.355 e. The van der Waals surface area contributed by atoms with Crippen molar-refractivity contribution in [2.45, 2.75) is 46.8 Å². The van der Waals surface area contributed by atoms with Crippen LogP contribution < -0.4 is 0 Å². The van der Waals surface area contributed by atoms with Crippen LogP contribution in [-0.4, -0.2) is 42.0 Å². The molecule has 1 heterocycles. The molecule has 2 aromatic rings. The van der Waals surface area contributed by atoms with Crippen LogP contribution in [0.2, 0.25) is 0 Å². The highest BCUT2D eigenvalue weighted by Gasteiger charge is 2.22. The van der Waals surface area contributed by atoms with Crippen LogP contribution in [0.1, 0.15) is 53.1 Å². The fraction of sp³-hybridized carbons (Fsp3) is 0.455. The summed E-state index contributed by atoms with van der Waals surface area (Å²) >= 11 is 0. The van der Waals surface area contributed by atoms with Crippen molar-refractivity contribution in [2.24, 2.45) is 0 Å². The van der Waals surface area contributed by atoms with Crippen LogP contribution in [0.15, 0.2) is 30.3 Å². The molecule has 0 spiro atoms. The lowest BCUT2D eigenvalue weighted by Gasteiger charge is -2.18. The van der Waals surface area contributed by atoms with Gasteiger partial charge in [-0.15, -0.1) is 12.4 Å². The van der Waals surface area contributed by atoms with Crippen molar-refractivity contribution in [1.29, 1.82) is 0 Å². The van der Waals surface area contributed by atoms with Crippen molar-refractivity contribution in [3.05, 3.63) is 58.4 Å². The molecule has 0 aliphatic heterocycles. The zero-order chi connectivity index (χ0) is 20.5. The number of aromatic nitrogens is 1. The molecule has 1 N–H and O–H groups in total. The summed E-state index contributed by atoms with van der Waals surface area (Å²) in [6, 6.07) is 9.59. The van der Waals surface area contributed by atoms with Crippen LogP contribution in [0, 0.1) is 6.92 Å². The molecule has 0 unspecified atom stereocenters. The van der Waals surface area contributed by atoms with Crippen LogP contribution in [-0.2, 0) is 33.8 Å². The first-order chi connectivity index (χ1) is 13.5. The summed E-state index contributed by atoms with van der Waals surface area (Å²) in [5.74, 6) is -0.644. The Kier molecular flexibility index (Phi) is 10.5. The van der Waals surface area contributed by atoms with E-state index < -0.39 is 0 Å². The van der Waals surface area contributed by atoms with E-state index in [1.807, 2.05) is 37.3 Å². The highest BCUT2D eigenvalue weighted by Crippen LogP contribution is 2.23. The molecular formula is C22H31ClN2O4. The quantitative estimate of drug-likeness (QED) is 0.583. The number of H-pyrrole nitrogens is 1. The van der Waals surface area contributed by atoms with Crippen molar-refractivity contribution in [1.82, 2.24) is 9.88 Å². The van der Waals surface area contributed by atoms with Gasteiger partial charge in [0.05, 0.1) is 7.11 Å². The number of rotatable bonds is 10. The van der Waals surface area contributed by atoms with Crippen LogP contribution in [0.3, 0.4) is 0 Å². The van der Waals surface area contributed by atoms with Gasteiger partial charge in [-0.05, 0) is 43.1 Å². The fourth-order valence-electron chi connectivity index (χ4n) is 3.17. The molecule has 160 valence electrons.